The summed E-state index contributed by atoms with van der Waals surface area (Å²) in [5.41, 5.74) is 0.986. The number of aryl methyl sites for hydroxylation is 1. The normalized spacial score (nSPS) is 13.5. The predicted octanol–water partition coefficient (Wildman–Crippen LogP) is 3.94. The molecule has 0 spiro atoms. The highest BCUT2D eigenvalue weighted by Gasteiger charge is 2.21. The van der Waals surface area contributed by atoms with Crippen molar-refractivity contribution in [2.75, 3.05) is 11.5 Å². The highest BCUT2D eigenvalue weighted by atomic mass is 79.9. The highest BCUT2D eigenvalue weighted by molar-refractivity contribution is 9.11. The molecule has 0 bridgehead atoms. The number of benzene rings is 1. The molecule has 0 saturated heterocycles. The van der Waals surface area contributed by atoms with E-state index in [0.717, 1.165) is 21.5 Å². The number of nitrogens with one attached hydrogen (secondary N) is 1. The van der Waals surface area contributed by atoms with Gasteiger partial charge in [-0.2, -0.15) is 11.8 Å². The van der Waals surface area contributed by atoms with Crippen LogP contribution >= 0.6 is 43.6 Å². The molecule has 0 radical (unpaired) electrons. The average Bonchev–Trinajstić information content (AvgIpc) is 2.30. The Balaban J connectivity index is 2.98. The zero-order valence-corrected chi connectivity index (χ0v) is 15.8. The van der Waals surface area contributed by atoms with Crippen LogP contribution in [0.4, 0.5) is 0 Å². The second kappa shape index (κ2) is 7.45. The minimum Gasteiger partial charge on any atom is -0.207 e. The number of halogens is 2. The van der Waals surface area contributed by atoms with Gasteiger partial charge in [0.2, 0.25) is 10.0 Å². The van der Waals surface area contributed by atoms with E-state index in [4.69, 9.17) is 0 Å². The lowest BCUT2D eigenvalue weighted by Crippen LogP contribution is -2.34. The zero-order valence-electron chi connectivity index (χ0n) is 11.0. The van der Waals surface area contributed by atoms with E-state index in [1.807, 2.05) is 13.8 Å². The summed E-state index contributed by atoms with van der Waals surface area (Å²) in [6, 6.07) is 3.33. The lowest BCUT2D eigenvalue weighted by atomic mass is 10.2. The lowest BCUT2D eigenvalue weighted by Gasteiger charge is -2.15. The van der Waals surface area contributed by atoms with Crippen LogP contribution in [0.2, 0.25) is 0 Å². The summed E-state index contributed by atoms with van der Waals surface area (Å²) in [5.74, 6) is 1.74. The molecule has 19 heavy (non-hydrogen) atoms. The predicted molar refractivity (Wildman–Crippen MR) is 89.4 cm³/mol. The van der Waals surface area contributed by atoms with Crippen molar-refractivity contribution in [2.45, 2.75) is 31.7 Å². The summed E-state index contributed by atoms with van der Waals surface area (Å²) < 4.78 is 28.7. The fourth-order valence-electron chi connectivity index (χ4n) is 1.49. The fraction of sp³-hybridized carbons (Fsp3) is 0.500. The van der Waals surface area contributed by atoms with Crippen molar-refractivity contribution >= 4 is 53.6 Å². The smallest absolute Gasteiger partial charge is 0.207 e. The number of hydrogen-bond donors (Lipinski definition) is 1. The maximum Gasteiger partial charge on any atom is 0.241 e. The number of sulfonamides is 1. The van der Waals surface area contributed by atoms with Gasteiger partial charge in [-0.1, -0.05) is 22.9 Å². The Morgan fingerprint density at radius 1 is 1.32 bits per heavy atom. The zero-order chi connectivity index (χ0) is 14.6. The second-order valence-corrected chi connectivity index (χ2v) is 8.92. The van der Waals surface area contributed by atoms with E-state index < -0.39 is 10.0 Å². The van der Waals surface area contributed by atoms with Crippen LogP contribution in [-0.2, 0) is 10.0 Å². The molecule has 108 valence electrons. The van der Waals surface area contributed by atoms with E-state index >= 15 is 0 Å². The van der Waals surface area contributed by atoms with Crippen LogP contribution in [-0.4, -0.2) is 26.0 Å². The van der Waals surface area contributed by atoms with Crippen molar-refractivity contribution in [3.63, 3.8) is 0 Å². The van der Waals surface area contributed by atoms with E-state index in [1.54, 1.807) is 23.9 Å². The van der Waals surface area contributed by atoms with Gasteiger partial charge in [0.05, 0.1) is 4.90 Å². The SMILES string of the molecule is CCSCC(C)NS(=O)(=O)c1cc(Br)c(C)cc1Br. The molecule has 1 atom stereocenters. The summed E-state index contributed by atoms with van der Waals surface area (Å²) in [6.07, 6.45) is 0. The Morgan fingerprint density at radius 2 is 1.95 bits per heavy atom. The number of hydrogen-bond acceptors (Lipinski definition) is 3. The van der Waals surface area contributed by atoms with Gasteiger partial charge in [0.1, 0.15) is 0 Å². The third-order valence-electron chi connectivity index (χ3n) is 2.43. The minimum absolute atomic E-state index is 0.0954. The molecule has 1 N–H and O–H groups in total. The van der Waals surface area contributed by atoms with Crippen molar-refractivity contribution in [3.8, 4) is 0 Å². The molecule has 7 heteroatoms. The molecular formula is C12H17Br2NO2S2. The molecule has 0 fully saturated rings. The van der Waals surface area contributed by atoms with Gasteiger partial charge in [-0.05, 0) is 53.2 Å². The molecule has 1 unspecified atom stereocenters. The number of rotatable bonds is 6. The molecule has 0 aliphatic carbocycles. The van der Waals surface area contributed by atoms with Gasteiger partial charge in [0, 0.05) is 20.7 Å². The van der Waals surface area contributed by atoms with Gasteiger partial charge >= 0.3 is 0 Å². The van der Waals surface area contributed by atoms with Crippen molar-refractivity contribution in [1.82, 2.24) is 4.72 Å². The van der Waals surface area contributed by atoms with Crippen molar-refractivity contribution in [3.05, 3.63) is 26.6 Å². The first-order valence-corrected chi connectivity index (χ1v) is 10.1. The molecule has 0 aliphatic rings. The van der Waals surface area contributed by atoms with Crippen LogP contribution in [0.25, 0.3) is 0 Å². The van der Waals surface area contributed by atoms with Crippen molar-refractivity contribution in [1.29, 1.82) is 0 Å². The van der Waals surface area contributed by atoms with Gasteiger partial charge in [0.25, 0.3) is 0 Å². The topological polar surface area (TPSA) is 46.2 Å². The summed E-state index contributed by atoms with van der Waals surface area (Å²) in [4.78, 5) is 0.262. The van der Waals surface area contributed by atoms with E-state index in [9.17, 15) is 8.42 Å². The van der Waals surface area contributed by atoms with Crippen LogP contribution in [0.1, 0.15) is 19.4 Å². The van der Waals surface area contributed by atoms with Crippen LogP contribution < -0.4 is 4.72 Å². The number of thioether (sulfide) groups is 1. The first-order valence-electron chi connectivity index (χ1n) is 5.83. The molecule has 0 aliphatic heterocycles. The third kappa shape index (κ3) is 5.04. The van der Waals surface area contributed by atoms with Crippen molar-refractivity contribution < 1.29 is 8.42 Å². The molecule has 1 rings (SSSR count). The molecule has 0 heterocycles. The van der Waals surface area contributed by atoms with E-state index in [1.165, 1.54) is 0 Å². The van der Waals surface area contributed by atoms with Gasteiger partial charge in [-0.3, -0.25) is 0 Å². The van der Waals surface area contributed by atoms with Crippen LogP contribution in [0.5, 0.6) is 0 Å². The largest absolute Gasteiger partial charge is 0.241 e. The van der Waals surface area contributed by atoms with Crippen molar-refractivity contribution in [2.24, 2.45) is 0 Å². The van der Waals surface area contributed by atoms with Crippen LogP contribution in [0.15, 0.2) is 26.0 Å². The minimum atomic E-state index is -3.50. The Bertz CT molecular complexity index is 547. The molecule has 1 aromatic carbocycles. The summed E-state index contributed by atoms with van der Waals surface area (Å²) >= 11 is 8.39. The van der Waals surface area contributed by atoms with Gasteiger partial charge in [-0.25, -0.2) is 13.1 Å². The summed E-state index contributed by atoms with van der Waals surface area (Å²) in [6.45, 7) is 5.84. The standard InChI is InChI=1S/C12H17Br2NO2S2/c1-4-18-7-9(3)15-19(16,17)12-6-10(13)8(2)5-11(12)14/h5-6,9,15H,4,7H2,1-3H3. The third-order valence-corrected chi connectivity index (χ3v) is 6.98. The Kier molecular flexibility index (Phi) is 6.86. The monoisotopic (exact) mass is 429 g/mol. The Hall–Kier alpha value is 0.440. The van der Waals surface area contributed by atoms with E-state index in [-0.39, 0.29) is 10.9 Å². The average molecular weight is 431 g/mol. The molecule has 0 amide bonds. The summed E-state index contributed by atoms with van der Waals surface area (Å²) in [5, 5.41) is 0. The van der Waals surface area contributed by atoms with Crippen LogP contribution in [0, 0.1) is 6.92 Å². The van der Waals surface area contributed by atoms with Crippen LogP contribution in [0.3, 0.4) is 0 Å². The maximum absolute atomic E-state index is 12.3. The molecule has 0 saturated carbocycles. The quantitative estimate of drug-likeness (QED) is 0.743. The van der Waals surface area contributed by atoms with Gasteiger partial charge in [-0.15, -0.1) is 0 Å². The van der Waals surface area contributed by atoms with E-state index in [0.29, 0.717) is 4.47 Å². The van der Waals surface area contributed by atoms with E-state index in [2.05, 4.69) is 43.5 Å². The maximum atomic E-state index is 12.3. The fourth-order valence-corrected chi connectivity index (χ4v) is 5.19. The molecule has 1 aromatic rings. The summed E-state index contributed by atoms with van der Waals surface area (Å²) in [7, 11) is -3.50. The molecular weight excluding hydrogens is 414 g/mol. The second-order valence-electron chi connectivity index (χ2n) is 4.21. The first kappa shape index (κ1) is 17.5. The lowest BCUT2D eigenvalue weighted by molar-refractivity contribution is 0.570. The molecule has 3 nitrogen and oxygen atoms in total. The molecule has 0 aromatic heterocycles. The first-order chi connectivity index (χ1) is 8.77. The Morgan fingerprint density at radius 3 is 2.53 bits per heavy atom. The van der Waals surface area contributed by atoms with Gasteiger partial charge < -0.3 is 0 Å². The Labute approximate surface area is 136 Å². The highest BCUT2D eigenvalue weighted by Crippen LogP contribution is 2.28. The van der Waals surface area contributed by atoms with Gasteiger partial charge in [0.15, 0.2) is 0 Å².